The first kappa shape index (κ1) is 22.4. The van der Waals surface area contributed by atoms with Gasteiger partial charge in [0.1, 0.15) is 5.69 Å². The fourth-order valence-corrected chi connectivity index (χ4v) is 4.47. The number of nitrogens with one attached hydrogen (secondary N) is 1. The number of hydrogen-bond acceptors (Lipinski definition) is 8. The molecule has 4 rings (SSSR count). The van der Waals surface area contributed by atoms with Gasteiger partial charge in [-0.2, -0.15) is 9.97 Å². The molecule has 1 amide bonds. The monoisotopic (exact) mass is 448 g/mol. The lowest BCUT2D eigenvalue weighted by atomic mass is 10.1. The molecular weight excluding hydrogens is 416 g/mol. The van der Waals surface area contributed by atoms with E-state index in [4.69, 9.17) is 11.5 Å². The van der Waals surface area contributed by atoms with Crippen LogP contribution in [0, 0.1) is 0 Å². The highest BCUT2D eigenvalue weighted by molar-refractivity contribution is 5.87. The zero-order valence-electron chi connectivity index (χ0n) is 18.9. The van der Waals surface area contributed by atoms with Gasteiger partial charge >= 0.3 is 0 Å². The molecule has 9 nitrogen and oxygen atoms in total. The molecule has 9 heteroatoms. The van der Waals surface area contributed by atoms with Crippen LogP contribution in [0.4, 0.5) is 34.6 Å². The normalized spacial score (nSPS) is 18.1. The van der Waals surface area contributed by atoms with Crippen molar-refractivity contribution in [3.63, 3.8) is 0 Å². The first-order chi connectivity index (χ1) is 16.0. The molecule has 1 unspecified atom stereocenters. The molecule has 5 N–H and O–H groups in total. The van der Waals surface area contributed by atoms with Crippen LogP contribution in [0.25, 0.3) is 0 Å². The maximum Gasteiger partial charge on any atom is 0.246 e. The topological polar surface area (TPSA) is 117 Å². The molecule has 1 atom stereocenters. The summed E-state index contributed by atoms with van der Waals surface area (Å²) in [6.07, 6.45) is 7.54. The second kappa shape index (κ2) is 9.81. The number of nitrogen functional groups attached to an aromatic ring is 2. The minimum absolute atomic E-state index is 0.0142. The molecule has 0 aliphatic carbocycles. The van der Waals surface area contributed by atoms with Gasteiger partial charge in [0, 0.05) is 37.6 Å². The molecule has 2 saturated heterocycles. The lowest BCUT2D eigenvalue weighted by molar-refractivity contribution is -0.125. The van der Waals surface area contributed by atoms with Gasteiger partial charge < -0.3 is 31.5 Å². The largest absolute Gasteiger partial charge is 0.393 e. The Kier molecular flexibility index (Phi) is 6.67. The Hall–Kier alpha value is -3.75. The van der Waals surface area contributed by atoms with Crippen molar-refractivity contribution >= 4 is 40.6 Å². The van der Waals surface area contributed by atoms with Crippen molar-refractivity contribution < 1.29 is 4.79 Å². The standard InChI is InChI=1S/C24H32N8O/c1-3-20(33)31-15-12-19(16-31)32(4-2)23-21(25)22(26)28-24(29-23)27-17-8-10-18(11-9-17)30-13-6-5-7-14-30/h3-4,8-11,19H,1-2,5-7,12-16,25H2,(H3,26,27,28,29). The zero-order valence-corrected chi connectivity index (χ0v) is 18.9. The fourth-order valence-electron chi connectivity index (χ4n) is 4.47. The highest BCUT2D eigenvalue weighted by Gasteiger charge is 2.31. The summed E-state index contributed by atoms with van der Waals surface area (Å²) < 4.78 is 0. The van der Waals surface area contributed by atoms with Crippen LogP contribution in [-0.4, -0.2) is 53.0 Å². The molecule has 174 valence electrons. The lowest BCUT2D eigenvalue weighted by Crippen LogP contribution is -2.36. The van der Waals surface area contributed by atoms with Gasteiger partial charge in [-0.05, 0) is 62.2 Å². The third-order valence-corrected chi connectivity index (χ3v) is 6.28. The van der Waals surface area contributed by atoms with Gasteiger partial charge in [-0.3, -0.25) is 4.79 Å². The molecule has 0 radical (unpaired) electrons. The molecule has 0 saturated carbocycles. The Morgan fingerprint density at radius 1 is 1.09 bits per heavy atom. The van der Waals surface area contributed by atoms with Crippen LogP contribution in [-0.2, 0) is 4.79 Å². The van der Waals surface area contributed by atoms with Crippen LogP contribution in [0.3, 0.4) is 0 Å². The first-order valence-electron chi connectivity index (χ1n) is 11.4. The van der Waals surface area contributed by atoms with E-state index in [2.05, 4.69) is 45.5 Å². The number of nitrogens with two attached hydrogens (primary N) is 2. The summed E-state index contributed by atoms with van der Waals surface area (Å²) in [6.45, 7) is 10.9. The van der Waals surface area contributed by atoms with E-state index < -0.39 is 0 Å². The molecule has 2 aromatic rings. The van der Waals surface area contributed by atoms with E-state index in [0.29, 0.717) is 24.9 Å². The number of carbonyl (C=O) groups excluding carboxylic acids is 1. The average Bonchev–Trinajstić information content (AvgIpc) is 3.33. The summed E-state index contributed by atoms with van der Waals surface area (Å²) >= 11 is 0. The molecule has 2 aliphatic rings. The minimum atomic E-state index is -0.0907. The van der Waals surface area contributed by atoms with Crippen molar-refractivity contribution in [2.45, 2.75) is 31.7 Å². The van der Waals surface area contributed by atoms with Crippen molar-refractivity contribution in [2.75, 3.05) is 52.8 Å². The lowest BCUT2D eigenvalue weighted by Gasteiger charge is -2.29. The SMILES string of the molecule is C=CC(=O)N1CCC(N(C=C)c2nc(Nc3ccc(N4CCCCC4)cc3)nc(N)c2N)C1. The van der Waals surface area contributed by atoms with Crippen molar-refractivity contribution in [3.05, 3.63) is 49.7 Å². The van der Waals surface area contributed by atoms with Gasteiger partial charge in [-0.15, -0.1) is 0 Å². The molecule has 3 heterocycles. The molecular formula is C24H32N8O. The van der Waals surface area contributed by atoms with Crippen molar-refractivity contribution in [3.8, 4) is 0 Å². The number of benzene rings is 1. The number of anilines is 6. The van der Waals surface area contributed by atoms with E-state index in [1.807, 2.05) is 17.0 Å². The third kappa shape index (κ3) is 4.87. The Bertz CT molecular complexity index is 1020. The second-order valence-corrected chi connectivity index (χ2v) is 8.41. The first-order valence-corrected chi connectivity index (χ1v) is 11.4. The number of piperidine rings is 1. The Morgan fingerprint density at radius 2 is 1.82 bits per heavy atom. The van der Waals surface area contributed by atoms with Crippen LogP contribution < -0.4 is 26.6 Å². The predicted molar refractivity (Wildman–Crippen MR) is 135 cm³/mol. The zero-order chi connectivity index (χ0) is 23.4. The maximum absolute atomic E-state index is 12.0. The quantitative estimate of drug-likeness (QED) is 0.553. The molecule has 0 bridgehead atoms. The number of carbonyl (C=O) groups is 1. The minimum Gasteiger partial charge on any atom is -0.393 e. The summed E-state index contributed by atoms with van der Waals surface area (Å²) in [4.78, 5) is 27.0. The van der Waals surface area contributed by atoms with Crippen LogP contribution in [0.1, 0.15) is 25.7 Å². The predicted octanol–water partition coefficient (Wildman–Crippen LogP) is 3.11. The third-order valence-electron chi connectivity index (χ3n) is 6.28. The summed E-state index contributed by atoms with van der Waals surface area (Å²) in [5.41, 5.74) is 14.7. The molecule has 0 spiro atoms. The van der Waals surface area contributed by atoms with Gasteiger partial charge in [0.25, 0.3) is 0 Å². The summed E-state index contributed by atoms with van der Waals surface area (Å²) in [5, 5.41) is 3.23. The number of likely N-dealkylation sites (tertiary alicyclic amines) is 1. The average molecular weight is 449 g/mol. The van der Waals surface area contributed by atoms with E-state index in [-0.39, 0.29) is 23.5 Å². The van der Waals surface area contributed by atoms with Gasteiger partial charge in [0.2, 0.25) is 11.9 Å². The second-order valence-electron chi connectivity index (χ2n) is 8.41. The molecule has 1 aromatic carbocycles. The van der Waals surface area contributed by atoms with Gasteiger partial charge in [-0.25, -0.2) is 0 Å². The van der Waals surface area contributed by atoms with E-state index in [1.165, 1.54) is 31.0 Å². The molecule has 2 fully saturated rings. The summed E-state index contributed by atoms with van der Waals surface area (Å²) in [7, 11) is 0. The molecule has 2 aliphatic heterocycles. The van der Waals surface area contributed by atoms with E-state index in [1.54, 1.807) is 11.1 Å². The van der Waals surface area contributed by atoms with Crippen molar-refractivity contribution in [2.24, 2.45) is 0 Å². The Balaban J connectivity index is 1.52. The van der Waals surface area contributed by atoms with Gasteiger partial charge in [0.05, 0.1) is 6.04 Å². The van der Waals surface area contributed by atoms with Crippen LogP contribution in [0.5, 0.6) is 0 Å². The summed E-state index contributed by atoms with van der Waals surface area (Å²) in [6, 6.07) is 8.23. The number of rotatable bonds is 7. The van der Waals surface area contributed by atoms with Crippen molar-refractivity contribution in [1.82, 2.24) is 14.9 Å². The summed E-state index contributed by atoms with van der Waals surface area (Å²) in [5.74, 6) is 0.928. The number of nitrogens with zero attached hydrogens (tertiary/aromatic N) is 5. The fraction of sp³-hybridized carbons (Fsp3) is 0.375. The van der Waals surface area contributed by atoms with Gasteiger partial charge in [0.15, 0.2) is 11.6 Å². The number of amides is 1. The Labute approximate surface area is 194 Å². The van der Waals surface area contributed by atoms with Crippen LogP contribution in [0.2, 0.25) is 0 Å². The Morgan fingerprint density at radius 3 is 2.48 bits per heavy atom. The highest BCUT2D eigenvalue weighted by atomic mass is 16.2. The van der Waals surface area contributed by atoms with Gasteiger partial charge in [-0.1, -0.05) is 13.2 Å². The molecule has 33 heavy (non-hydrogen) atoms. The van der Waals surface area contributed by atoms with E-state index in [0.717, 1.165) is 25.2 Å². The van der Waals surface area contributed by atoms with Crippen LogP contribution >= 0.6 is 0 Å². The number of hydrogen-bond donors (Lipinski definition) is 3. The van der Waals surface area contributed by atoms with Crippen LogP contribution in [0.15, 0.2) is 49.7 Å². The van der Waals surface area contributed by atoms with E-state index in [9.17, 15) is 4.79 Å². The smallest absolute Gasteiger partial charge is 0.246 e. The maximum atomic E-state index is 12.0. The number of aromatic nitrogens is 2. The molecule has 1 aromatic heterocycles. The van der Waals surface area contributed by atoms with E-state index >= 15 is 0 Å². The van der Waals surface area contributed by atoms with Crippen molar-refractivity contribution in [1.29, 1.82) is 0 Å². The highest BCUT2D eigenvalue weighted by Crippen LogP contribution is 2.32.